The van der Waals surface area contributed by atoms with Crippen molar-refractivity contribution >= 4 is 50.7 Å². The van der Waals surface area contributed by atoms with Crippen molar-refractivity contribution in [1.29, 1.82) is 0 Å². The first-order valence-corrected chi connectivity index (χ1v) is 15.8. The molecule has 41 heavy (non-hydrogen) atoms. The number of benzene rings is 3. The van der Waals surface area contributed by atoms with Crippen molar-refractivity contribution in [2.75, 3.05) is 10.8 Å². The molecule has 0 aliphatic heterocycles. The highest BCUT2D eigenvalue weighted by atomic mass is 35.5. The van der Waals surface area contributed by atoms with E-state index >= 15 is 0 Å². The molecular formula is C31H37Cl2N3O4S. The van der Waals surface area contributed by atoms with Crippen LogP contribution in [-0.4, -0.2) is 43.8 Å². The van der Waals surface area contributed by atoms with E-state index in [1.807, 2.05) is 20.8 Å². The number of anilines is 1. The van der Waals surface area contributed by atoms with Gasteiger partial charge in [0.1, 0.15) is 12.6 Å². The number of nitrogens with one attached hydrogen (secondary N) is 1. The number of halogens is 2. The van der Waals surface area contributed by atoms with E-state index < -0.39 is 28.5 Å². The third-order valence-electron chi connectivity index (χ3n) is 7.05. The molecule has 7 nitrogen and oxygen atoms in total. The predicted molar refractivity (Wildman–Crippen MR) is 166 cm³/mol. The molecule has 0 saturated carbocycles. The lowest BCUT2D eigenvalue weighted by Crippen LogP contribution is -2.53. The number of carbonyl (C=O) groups excluding carboxylic acids is 2. The highest BCUT2D eigenvalue weighted by Crippen LogP contribution is 2.30. The molecule has 2 atom stereocenters. The van der Waals surface area contributed by atoms with E-state index in [9.17, 15) is 18.0 Å². The molecule has 3 aromatic carbocycles. The van der Waals surface area contributed by atoms with Crippen LogP contribution in [0.5, 0.6) is 0 Å². The Morgan fingerprint density at radius 2 is 1.49 bits per heavy atom. The van der Waals surface area contributed by atoms with Crippen LogP contribution in [0.3, 0.4) is 0 Å². The largest absolute Gasteiger partial charge is 0.352 e. The van der Waals surface area contributed by atoms with E-state index in [0.717, 1.165) is 9.87 Å². The molecule has 2 amide bonds. The van der Waals surface area contributed by atoms with Gasteiger partial charge in [-0.1, -0.05) is 79.0 Å². The zero-order valence-corrected chi connectivity index (χ0v) is 26.4. The Hall–Kier alpha value is -3.07. The van der Waals surface area contributed by atoms with Gasteiger partial charge in [0.2, 0.25) is 11.8 Å². The minimum absolute atomic E-state index is 0.0569. The minimum Gasteiger partial charge on any atom is -0.352 e. The van der Waals surface area contributed by atoms with Crippen molar-refractivity contribution in [2.45, 2.75) is 71.0 Å². The third-order valence-corrected chi connectivity index (χ3v) is 9.53. The van der Waals surface area contributed by atoms with Gasteiger partial charge in [-0.15, -0.1) is 0 Å². The molecule has 0 fully saturated rings. The molecule has 1 N–H and O–H groups in total. The van der Waals surface area contributed by atoms with Crippen LogP contribution in [0.15, 0.2) is 71.6 Å². The zero-order valence-electron chi connectivity index (χ0n) is 24.0. The quantitative estimate of drug-likeness (QED) is 0.250. The first kappa shape index (κ1) is 32.4. The lowest BCUT2D eigenvalue weighted by molar-refractivity contribution is -0.140. The molecule has 0 bridgehead atoms. The summed E-state index contributed by atoms with van der Waals surface area (Å²) < 4.78 is 29.1. The highest BCUT2D eigenvalue weighted by Gasteiger charge is 2.35. The molecular weight excluding hydrogens is 581 g/mol. The molecule has 3 rings (SSSR count). The van der Waals surface area contributed by atoms with Gasteiger partial charge in [0.05, 0.1) is 10.6 Å². The first-order valence-electron chi connectivity index (χ1n) is 13.6. The summed E-state index contributed by atoms with van der Waals surface area (Å²) in [6.45, 7) is 8.69. The summed E-state index contributed by atoms with van der Waals surface area (Å²) in [5, 5.41) is 3.64. The summed E-state index contributed by atoms with van der Waals surface area (Å²) >= 11 is 12.9. The molecule has 10 heteroatoms. The molecule has 0 aliphatic rings. The number of sulfonamides is 1. The molecule has 0 aliphatic carbocycles. The molecule has 0 heterocycles. The van der Waals surface area contributed by atoms with Crippen LogP contribution in [0.2, 0.25) is 10.0 Å². The van der Waals surface area contributed by atoms with Gasteiger partial charge >= 0.3 is 0 Å². The maximum absolute atomic E-state index is 14.2. The lowest BCUT2D eigenvalue weighted by Gasteiger charge is -2.34. The number of amides is 2. The second-order valence-corrected chi connectivity index (χ2v) is 12.8. The normalized spacial score (nSPS) is 12.9. The summed E-state index contributed by atoms with van der Waals surface area (Å²) in [5.41, 5.74) is 2.43. The second kappa shape index (κ2) is 14.2. The van der Waals surface area contributed by atoms with Crippen LogP contribution in [0, 0.1) is 13.8 Å². The minimum atomic E-state index is -4.15. The number of hydrogen-bond acceptors (Lipinski definition) is 4. The van der Waals surface area contributed by atoms with E-state index in [2.05, 4.69) is 5.32 Å². The SMILES string of the molecule is CC[C@H](C(=O)N[C@@H](C)CC)N(Cc1c(Cl)cccc1Cl)C(=O)CN(c1ccccc1C)S(=O)(=O)c1ccc(C)cc1. The number of para-hydroxylation sites is 1. The summed E-state index contributed by atoms with van der Waals surface area (Å²) in [6.07, 6.45) is 1.01. The standard InChI is InChI=1S/C31H37Cl2N3O4S/c1-6-23(5)34-31(38)28(7-2)35(19-25-26(32)12-10-13-27(25)33)30(37)20-36(29-14-9-8-11-22(29)4)41(39,40)24-17-15-21(3)16-18-24/h8-18,23,28H,6-7,19-20H2,1-5H3,(H,34,38)/t23-,28+/m0/s1. The Kier molecular flexibility index (Phi) is 11.2. The first-order chi connectivity index (χ1) is 19.4. The summed E-state index contributed by atoms with van der Waals surface area (Å²) in [4.78, 5) is 29.1. The van der Waals surface area contributed by atoms with E-state index in [1.165, 1.54) is 17.0 Å². The molecule has 0 saturated heterocycles. The summed E-state index contributed by atoms with van der Waals surface area (Å²) in [5.74, 6) is -0.895. The van der Waals surface area contributed by atoms with Crippen LogP contribution >= 0.6 is 23.2 Å². The maximum atomic E-state index is 14.2. The van der Waals surface area contributed by atoms with Crippen molar-refractivity contribution in [2.24, 2.45) is 0 Å². The van der Waals surface area contributed by atoms with Gasteiger partial charge in [0.15, 0.2) is 0 Å². The zero-order chi connectivity index (χ0) is 30.3. The fraction of sp³-hybridized carbons (Fsp3) is 0.355. The fourth-order valence-electron chi connectivity index (χ4n) is 4.41. The van der Waals surface area contributed by atoms with Gasteiger partial charge in [0.25, 0.3) is 10.0 Å². The molecule has 0 spiro atoms. The van der Waals surface area contributed by atoms with Gasteiger partial charge in [0, 0.05) is 28.2 Å². The van der Waals surface area contributed by atoms with Crippen LogP contribution in [0.25, 0.3) is 0 Å². The van der Waals surface area contributed by atoms with Gasteiger partial charge in [-0.3, -0.25) is 13.9 Å². The average molecular weight is 619 g/mol. The Morgan fingerprint density at radius 1 is 0.878 bits per heavy atom. The Bertz CT molecular complexity index is 1460. The Labute approximate surface area is 253 Å². The molecule has 220 valence electrons. The lowest BCUT2D eigenvalue weighted by atomic mass is 10.1. The number of rotatable bonds is 12. The topological polar surface area (TPSA) is 86.8 Å². The molecule has 3 aromatic rings. The maximum Gasteiger partial charge on any atom is 0.264 e. The number of nitrogens with zero attached hydrogens (tertiary/aromatic N) is 2. The number of carbonyl (C=O) groups is 2. The van der Waals surface area contributed by atoms with Crippen LogP contribution in [0.4, 0.5) is 5.69 Å². The fourth-order valence-corrected chi connectivity index (χ4v) is 6.40. The molecule has 0 radical (unpaired) electrons. The van der Waals surface area contributed by atoms with E-state index in [4.69, 9.17) is 23.2 Å². The van der Waals surface area contributed by atoms with E-state index in [1.54, 1.807) is 68.4 Å². The smallest absolute Gasteiger partial charge is 0.264 e. The van der Waals surface area contributed by atoms with Crippen LogP contribution < -0.4 is 9.62 Å². The molecule has 0 aromatic heterocycles. The van der Waals surface area contributed by atoms with E-state index in [0.29, 0.717) is 39.7 Å². The van der Waals surface area contributed by atoms with Gasteiger partial charge < -0.3 is 10.2 Å². The number of hydrogen-bond donors (Lipinski definition) is 1. The monoisotopic (exact) mass is 617 g/mol. The predicted octanol–water partition coefficient (Wildman–Crippen LogP) is 6.53. The highest BCUT2D eigenvalue weighted by molar-refractivity contribution is 7.92. The van der Waals surface area contributed by atoms with Gasteiger partial charge in [-0.2, -0.15) is 0 Å². The van der Waals surface area contributed by atoms with Crippen molar-refractivity contribution in [3.63, 3.8) is 0 Å². The third kappa shape index (κ3) is 7.82. The average Bonchev–Trinajstić information content (AvgIpc) is 2.93. The Balaban J connectivity index is 2.11. The van der Waals surface area contributed by atoms with Crippen molar-refractivity contribution in [3.8, 4) is 0 Å². The summed E-state index contributed by atoms with van der Waals surface area (Å²) in [6, 6.07) is 17.5. The Morgan fingerprint density at radius 3 is 2.05 bits per heavy atom. The number of aryl methyl sites for hydroxylation is 2. The van der Waals surface area contributed by atoms with Crippen molar-refractivity contribution < 1.29 is 18.0 Å². The van der Waals surface area contributed by atoms with Crippen LogP contribution in [-0.2, 0) is 26.2 Å². The van der Waals surface area contributed by atoms with Crippen molar-refractivity contribution in [3.05, 3.63) is 93.5 Å². The van der Waals surface area contributed by atoms with Crippen LogP contribution in [0.1, 0.15) is 50.3 Å². The second-order valence-electron chi connectivity index (χ2n) is 10.1. The summed E-state index contributed by atoms with van der Waals surface area (Å²) in [7, 11) is -4.15. The van der Waals surface area contributed by atoms with Gasteiger partial charge in [-0.05, 0) is 69.5 Å². The van der Waals surface area contributed by atoms with Gasteiger partial charge in [-0.25, -0.2) is 8.42 Å². The molecule has 0 unspecified atom stereocenters. The van der Waals surface area contributed by atoms with E-state index in [-0.39, 0.29) is 23.4 Å². The van der Waals surface area contributed by atoms with Crippen molar-refractivity contribution in [1.82, 2.24) is 10.2 Å².